The van der Waals surface area contributed by atoms with E-state index in [-0.39, 0.29) is 17.8 Å². The monoisotopic (exact) mass is 862 g/mol. The molecule has 0 heterocycles. The Morgan fingerprint density at radius 1 is 0.594 bits per heavy atom. The van der Waals surface area contributed by atoms with E-state index in [1.54, 1.807) is 0 Å². The molecular weight excluding hydrogens is 802 g/mol. The topological polar surface area (TPSA) is 27.7 Å². The lowest BCUT2D eigenvalue weighted by atomic mass is 9.52. The highest BCUT2D eigenvalue weighted by molar-refractivity contribution is 5.98. The van der Waals surface area contributed by atoms with Crippen molar-refractivity contribution < 1.29 is 27.4 Å². The van der Waals surface area contributed by atoms with Crippen LogP contribution in [-0.2, 0) is 0 Å². The first-order valence-electron chi connectivity index (χ1n) is 24.2. The number of halogens is 3. The van der Waals surface area contributed by atoms with E-state index in [1.165, 1.54) is 78.7 Å². The first kappa shape index (κ1) is 41.7. The van der Waals surface area contributed by atoms with Crippen molar-refractivity contribution in [2.45, 2.75) is 115 Å². The molecule has 5 aliphatic carbocycles. The molecule has 0 aliphatic heterocycles. The standard InChI is InChI=1S/C58H61F3O3/c1-36(39-9-16-48(17-10-39)62-35-38(3)58(59,60)61)27-46(28-37(2)40-11-18-49(19-12-40)63-51-22-15-44-29-42-7-4-5-8-43(42)30-47(44)31-51)41-13-20-50(21-14-41)64-53-34-57-25-6-24-56-26-23-45(32-56)54(55(56)57)52(53)33-57/h4-5,7-22,29-31,36-38,45-46,52-55H,6,23-28,32-35H2,1-3H3. The Kier molecular flexibility index (Phi) is 10.5. The fourth-order valence-electron chi connectivity index (χ4n) is 14.4. The molecule has 0 saturated heterocycles. The van der Waals surface area contributed by atoms with Gasteiger partial charge in [-0.1, -0.05) is 93.9 Å². The molecule has 6 aromatic carbocycles. The van der Waals surface area contributed by atoms with Crippen molar-refractivity contribution in [3.63, 3.8) is 0 Å². The van der Waals surface area contributed by atoms with Crippen molar-refractivity contribution >= 4 is 21.5 Å². The quantitative estimate of drug-likeness (QED) is 0.102. The summed E-state index contributed by atoms with van der Waals surface area (Å²) in [5.74, 6) is 5.86. The molecule has 2 spiro atoms. The number of fused-ring (bicyclic) bond motifs is 6. The summed E-state index contributed by atoms with van der Waals surface area (Å²) in [6.07, 6.45) is 9.37. The molecule has 0 aromatic heterocycles. The minimum atomic E-state index is -4.28. The van der Waals surface area contributed by atoms with Gasteiger partial charge in [-0.2, -0.15) is 13.2 Å². The molecule has 0 radical (unpaired) electrons. The summed E-state index contributed by atoms with van der Waals surface area (Å²) in [5, 5.41) is 4.80. The summed E-state index contributed by atoms with van der Waals surface area (Å²) in [6.45, 7) is 5.34. The molecule has 11 rings (SSSR count). The highest BCUT2D eigenvalue weighted by Crippen LogP contribution is 2.80. The maximum atomic E-state index is 13.1. The summed E-state index contributed by atoms with van der Waals surface area (Å²) in [7, 11) is 0. The first-order chi connectivity index (χ1) is 30.9. The lowest BCUT2D eigenvalue weighted by molar-refractivity contribution is -0.176. The average Bonchev–Trinajstić information content (AvgIpc) is 4.06. The predicted molar refractivity (Wildman–Crippen MR) is 251 cm³/mol. The average molecular weight is 863 g/mol. The van der Waals surface area contributed by atoms with Gasteiger partial charge in [-0.3, -0.25) is 0 Å². The SMILES string of the molecule is CC(CC(CC(C)c1ccc(Oc2ccc3cc4ccccc4cc3c2)cc1)c1ccc(OC2CC34CCCC56CCC(C5)C(C2C3)C64)cc1)c1ccc(OCC(C)C(F)(F)F)cc1. The zero-order valence-corrected chi connectivity index (χ0v) is 37.5. The van der Waals surface area contributed by atoms with Crippen LogP contribution in [0.5, 0.6) is 23.0 Å². The fraction of sp³-hybridized carbons (Fsp3) is 0.448. The predicted octanol–water partition coefficient (Wildman–Crippen LogP) is 16.2. The molecule has 11 unspecified atom stereocenters. The lowest BCUT2D eigenvalue weighted by Gasteiger charge is -2.53. The van der Waals surface area contributed by atoms with Gasteiger partial charge in [0, 0.05) is 0 Å². The van der Waals surface area contributed by atoms with Gasteiger partial charge in [0.05, 0.1) is 12.5 Å². The van der Waals surface area contributed by atoms with Gasteiger partial charge >= 0.3 is 6.18 Å². The van der Waals surface area contributed by atoms with Crippen LogP contribution in [-0.4, -0.2) is 18.9 Å². The van der Waals surface area contributed by atoms with E-state index in [9.17, 15) is 13.2 Å². The number of rotatable bonds is 14. The van der Waals surface area contributed by atoms with Gasteiger partial charge in [-0.15, -0.1) is 0 Å². The highest BCUT2D eigenvalue weighted by atomic mass is 19.4. The van der Waals surface area contributed by atoms with Gasteiger partial charge in [0.2, 0.25) is 0 Å². The molecule has 64 heavy (non-hydrogen) atoms. The van der Waals surface area contributed by atoms with E-state index in [4.69, 9.17) is 14.2 Å². The van der Waals surface area contributed by atoms with Gasteiger partial charge < -0.3 is 14.2 Å². The Labute approximate surface area is 376 Å². The van der Waals surface area contributed by atoms with E-state index in [0.29, 0.717) is 22.7 Å². The minimum Gasteiger partial charge on any atom is -0.493 e. The summed E-state index contributed by atoms with van der Waals surface area (Å²) in [5.41, 5.74) is 4.94. The summed E-state index contributed by atoms with van der Waals surface area (Å²) in [6, 6.07) is 44.5. The highest BCUT2D eigenvalue weighted by Gasteiger charge is 2.74. The summed E-state index contributed by atoms with van der Waals surface area (Å²) >= 11 is 0. The van der Waals surface area contributed by atoms with Crippen LogP contribution in [0.15, 0.2) is 127 Å². The van der Waals surface area contributed by atoms with Crippen molar-refractivity contribution in [3.05, 3.63) is 144 Å². The zero-order valence-electron chi connectivity index (χ0n) is 37.5. The maximum Gasteiger partial charge on any atom is 0.394 e. The third-order valence-electron chi connectivity index (χ3n) is 17.3. The van der Waals surface area contributed by atoms with Crippen molar-refractivity contribution in [2.24, 2.45) is 40.4 Å². The third-order valence-corrected chi connectivity index (χ3v) is 17.3. The second-order valence-electron chi connectivity index (χ2n) is 21.1. The van der Waals surface area contributed by atoms with Gasteiger partial charge in [-0.25, -0.2) is 0 Å². The molecule has 4 bridgehead atoms. The molecule has 6 heteroatoms. The summed E-state index contributed by atoms with van der Waals surface area (Å²) < 4.78 is 58.3. The van der Waals surface area contributed by atoms with Crippen LogP contribution < -0.4 is 14.2 Å². The van der Waals surface area contributed by atoms with Crippen LogP contribution in [0.3, 0.4) is 0 Å². The Bertz CT molecular complexity index is 2620. The molecule has 6 aromatic rings. The number of benzene rings is 6. The van der Waals surface area contributed by atoms with Crippen molar-refractivity contribution in [3.8, 4) is 23.0 Å². The lowest BCUT2D eigenvalue weighted by Crippen LogP contribution is -2.48. The van der Waals surface area contributed by atoms with E-state index in [0.717, 1.165) is 71.6 Å². The van der Waals surface area contributed by atoms with Crippen molar-refractivity contribution in [1.82, 2.24) is 0 Å². The third kappa shape index (κ3) is 7.65. The van der Waals surface area contributed by atoms with E-state index in [1.807, 2.05) is 30.3 Å². The van der Waals surface area contributed by atoms with Crippen LogP contribution >= 0.6 is 0 Å². The molecule has 5 saturated carbocycles. The maximum absolute atomic E-state index is 13.1. The molecule has 11 atom stereocenters. The van der Waals surface area contributed by atoms with Crippen molar-refractivity contribution in [2.75, 3.05) is 6.61 Å². The van der Waals surface area contributed by atoms with Crippen LogP contribution in [0.2, 0.25) is 0 Å². The molecule has 3 nitrogen and oxygen atoms in total. The van der Waals surface area contributed by atoms with Crippen LogP contribution in [0, 0.1) is 40.4 Å². The molecule has 0 N–H and O–H groups in total. The number of hydrogen-bond acceptors (Lipinski definition) is 3. The van der Waals surface area contributed by atoms with Crippen molar-refractivity contribution in [1.29, 1.82) is 0 Å². The molecule has 0 amide bonds. The van der Waals surface area contributed by atoms with Crippen LogP contribution in [0.1, 0.15) is 119 Å². The molecule has 5 aliphatic rings. The largest absolute Gasteiger partial charge is 0.493 e. The van der Waals surface area contributed by atoms with Gasteiger partial charge in [0.15, 0.2) is 0 Å². The normalized spacial score (nSPS) is 28.5. The second-order valence-corrected chi connectivity index (χ2v) is 21.1. The minimum absolute atomic E-state index is 0.216. The summed E-state index contributed by atoms with van der Waals surface area (Å²) in [4.78, 5) is 0. The van der Waals surface area contributed by atoms with Gasteiger partial charge in [-0.05, 0) is 209 Å². The van der Waals surface area contributed by atoms with Gasteiger partial charge in [0.1, 0.15) is 29.1 Å². The Morgan fingerprint density at radius 3 is 1.88 bits per heavy atom. The number of alkyl halides is 3. The van der Waals surface area contributed by atoms with Crippen LogP contribution in [0.4, 0.5) is 13.2 Å². The fourth-order valence-corrected chi connectivity index (χ4v) is 14.4. The Balaban J connectivity index is 0.790. The van der Waals surface area contributed by atoms with E-state index >= 15 is 0 Å². The smallest absolute Gasteiger partial charge is 0.394 e. The van der Waals surface area contributed by atoms with Gasteiger partial charge in [0.25, 0.3) is 0 Å². The zero-order chi connectivity index (χ0) is 43.8. The van der Waals surface area contributed by atoms with Crippen LogP contribution in [0.25, 0.3) is 21.5 Å². The first-order valence-corrected chi connectivity index (χ1v) is 24.2. The van der Waals surface area contributed by atoms with E-state index < -0.39 is 18.7 Å². The second kappa shape index (κ2) is 16.2. The molecule has 332 valence electrons. The van der Waals surface area contributed by atoms with E-state index in [2.05, 4.69) is 111 Å². The Morgan fingerprint density at radius 2 is 1.19 bits per heavy atom. The number of ether oxygens (including phenoxy) is 3. The Hall–Kier alpha value is -4.97. The number of hydrogen-bond donors (Lipinski definition) is 0. The molecule has 5 fully saturated rings. The molecular formula is C58H61F3O3.